The van der Waals surface area contributed by atoms with E-state index in [-0.39, 0.29) is 11.3 Å². The molecule has 23 heavy (non-hydrogen) atoms. The van der Waals surface area contributed by atoms with Gasteiger partial charge in [0.25, 0.3) is 5.91 Å². The Morgan fingerprint density at radius 1 is 1.13 bits per heavy atom. The van der Waals surface area contributed by atoms with E-state index in [0.29, 0.717) is 10.7 Å². The second-order valence-corrected chi connectivity index (χ2v) is 7.56. The van der Waals surface area contributed by atoms with Gasteiger partial charge in [-0.25, -0.2) is 4.55 Å². The molecular formula is C15H16ClN2O4S+. The molecule has 0 bridgehead atoms. The molecule has 0 aromatic heterocycles. The van der Waals surface area contributed by atoms with Gasteiger partial charge in [0.1, 0.15) is 5.69 Å². The summed E-state index contributed by atoms with van der Waals surface area (Å²) in [6.07, 6.45) is 0. The highest BCUT2D eigenvalue weighted by atomic mass is 35.5. The van der Waals surface area contributed by atoms with Crippen LogP contribution in [0.15, 0.2) is 48.5 Å². The molecule has 2 rings (SSSR count). The molecule has 2 aromatic rings. The molecule has 0 saturated heterocycles. The topological polar surface area (TPSA) is 83.5 Å². The van der Waals surface area contributed by atoms with E-state index >= 15 is 0 Å². The largest absolute Gasteiger partial charge is 0.437 e. The number of benzene rings is 2. The summed E-state index contributed by atoms with van der Waals surface area (Å²) < 4.78 is 31.5. The van der Waals surface area contributed by atoms with Gasteiger partial charge < -0.3 is 5.32 Å². The van der Waals surface area contributed by atoms with Crippen LogP contribution in [0.5, 0.6) is 0 Å². The number of nitrogens with one attached hydrogen (secondary N) is 1. The number of quaternary nitrogens is 1. The number of amides is 1. The summed E-state index contributed by atoms with van der Waals surface area (Å²) in [4.78, 5) is 12.3. The number of rotatable bonds is 4. The summed E-state index contributed by atoms with van der Waals surface area (Å²) in [5, 5.41) is 3.16. The fourth-order valence-corrected chi connectivity index (χ4v) is 2.46. The molecular weight excluding hydrogens is 340 g/mol. The zero-order chi connectivity index (χ0) is 17.3. The van der Waals surface area contributed by atoms with Gasteiger partial charge in [-0.3, -0.25) is 4.79 Å². The quantitative estimate of drug-likeness (QED) is 0.652. The van der Waals surface area contributed by atoms with E-state index in [4.69, 9.17) is 11.6 Å². The lowest BCUT2D eigenvalue weighted by Gasteiger charge is -2.24. The normalized spacial score (nSPS) is 12.0. The maximum absolute atomic E-state index is 12.3. The predicted molar refractivity (Wildman–Crippen MR) is 91.0 cm³/mol. The van der Waals surface area contributed by atoms with Crippen LogP contribution in [-0.2, 0) is 10.3 Å². The Labute approximate surface area is 139 Å². The van der Waals surface area contributed by atoms with Crippen LogP contribution >= 0.6 is 11.6 Å². The van der Waals surface area contributed by atoms with Crippen molar-refractivity contribution in [2.24, 2.45) is 0 Å². The highest BCUT2D eigenvalue weighted by molar-refractivity contribution is 7.85. The minimum absolute atomic E-state index is 0.256. The van der Waals surface area contributed by atoms with Crippen LogP contribution in [0.25, 0.3) is 0 Å². The highest BCUT2D eigenvalue weighted by Crippen LogP contribution is 2.24. The zero-order valence-corrected chi connectivity index (χ0v) is 14.1. The molecule has 0 fully saturated rings. The van der Waals surface area contributed by atoms with Crippen molar-refractivity contribution in [3.63, 3.8) is 0 Å². The first-order valence-electron chi connectivity index (χ1n) is 6.60. The summed E-state index contributed by atoms with van der Waals surface area (Å²) in [7, 11) is -1.76. The molecule has 0 unspecified atom stereocenters. The molecule has 0 aliphatic rings. The average molecular weight is 356 g/mol. The maximum Gasteiger partial charge on any atom is 0.437 e. The lowest BCUT2D eigenvalue weighted by molar-refractivity contribution is 0.102. The third-order valence-electron chi connectivity index (χ3n) is 3.39. The first-order chi connectivity index (χ1) is 10.6. The Morgan fingerprint density at radius 3 is 2.39 bits per heavy atom. The zero-order valence-electron chi connectivity index (χ0n) is 12.5. The van der Waals surface area contributed by atoms with Crippen molar-refractivity contribution in [3.8, 4) is 0 Å². The van der Waals surface area contributed by atoms with E-state index < -0.39 is 20.1 Å². The second-order valence-electron chi connectivity index (χ2n) is 5.31. The van der Waals surface area contributed by atoms with Crippen molar-refractivity contribution < 1.29 is 17.8 Å². The number of anilines is 1. The van der Waals surface area contributed by atoms with E-state index in [1.807, 2.05) is 0 Å². The number of hydrogen-bond acceptors (Lipinski definition) is 3. The van der Waals surface area contributed by atoms with Crippen molar-refractivity contribution in [1.82, 2.24) is 3.89 Å². The summed E-state index contributed by atoms with van der Waals surface area (Å²) in [5.41, 5.74) is 1.04. The lowest BCUT2D eigenvalue weighted by Crippen LogP contribution is -2.46. The average Bonchev–Trinajstić information content (AvgIpc) is 2.46. The molecule has 2 aromatic carbocycles. The number of carbonyl (C=O) groups excluding carboxylic acids is 1. The molecule has 6 nitrogen and oxygen atoms in total. The van der Waals surface area contributed by atoms with Crippen molar-refractivity contribution >= 4 is 39.2 Å². The van der Waals surface area contributed by atoms with Gasteiger partial charge in [-0.05, 0) is 24.3 Å². The van der Waals surface area contributed by atoms with Crippen LogP contribution in [0.1, 0.15) is 10.4 Å². The van der Waals surface area contributed by atoms with E-state index in [1.165, 1.54) is 26.2 Å². The van der Waals surface area contributed by atoms with Crippen LogP contribution in [0.2, 0.25) is 5.02 Å². The van der Waals surface area contributed by atoms with Gasteiger partial charge in [0.15, 0.2) is 0 Å². The molecule has 1 amide bonds. The van der Waals surface area contributed by atoms with Crippen LogP contribution in [-0.4, -0.2) is 33.0 Å². The van der Waals surface area contributed by atoms with E-state index in [2.05, 4.69) is 5.32 Å². The van der Waals surface area contributed by atoms with Gasteiger partial charge in [0.05, 0.1) is 14.1 Å². The summed E-state index contributed by atoms with van der Waals surface area (Å²) in [6, 6.07) is 12.7. The van der Waals surface area contributed by atoms with Gasteiger partial charge in [0.2, 0.25) is 0 Å². The Hall–Kier alpha value is -1.93. The Morgan fingerprint density at radius 2 is 1.78 bits per heavy atom. The molecule has 0 aliphatic heterocycles. The summed E-state index contributed by atoms with van der Waals surface area (Å²) in [5.74, 6) is -0.413. The molecule has 2 N–H and O–H groups in total. The van der Waals surface area contributed by atoms with Crippen molar-refractivity contribution in [1.29, 1.82) is 0 Å². The Bertz CT molecular complexity index is 850. The smallest absolute Gasteiger partial charge is 0.322 e. The monoisotopic (exact) mass is 355 g/mol. The van der Waals surface area contributed by atoms with Crippen molar-refractivity contribution in [2.45, 2.75) is 0 Å². The molecule has 0 spiro atoms. The third kappa shape index (κ3) is 3.89. The molecule has 122 valence electrons. The van der Waals surface area contributed by atoms with E-state index in [9.17, 15) is 17.8 Å². The lowest BCUT2D eigenvalue weighted by atomic mass is 10.1. The van der Waals surface area contributed by atoms with Crippen LogP contribution in [0.4, 0.5) is 11.4 Å². The SMILES string of the molecule is C[N+](C)(c1cccc(C(=O)Nc2cccc(Cl)c2)c1)S(=O)(=O)O. The number of halogens is 1. The van der Waals surface area contributed by atoms with Crippen LogP contribution in [0, 0.1) is 0 Å². The minimum Gasteiger partial charge on any atom is -0.322 e. The van der Waals surface area contributed by atoms with Crippen LogP contribution < -0.4 is 9.21 Å². The van der Waals surface area contributed by atoms with E-state index in [1.54, 1.807) is 36.4 Å². The van der Waals surface area contributed by atoms with Gasteiger partial charge in [0, 0.05) is 28.4 Å². The van der Waals surface area contributed by atoms with Crippen LogP contribution in [0.3, 0.4) is 0 Å². The molecule has 0 saturated carbocycles. The molecule has 0 atom stereocenters. The summed E-state index contributed by atoms with van der Waals surface area (Å²) in [6.45, 7) is 0. The molecule has 0 aliphatic carbocycles. The van der Waals surface area contributed by atoms with Gasteiger partial charge in [-0.2, -0.15) is 3.89 Å². The maximum atomic E-state index is 12.3. The minimum atomic E-state index is -4.37. The third-order valence-corrected chi connectivity index (χ3v) is 4.99. The van der Waals surface area contributed by atoms with Crippen molar-refractivity contribution in [2.75, 3.05) is 19.4 Å². The predicted octanol–water partition coefficient (Wildman–Crippen LogP) is 2.96. The second kappa shape index (κ2) is 6.29. The Kier molecular flexibility index (Phi) is 4.76. The van der Waals surface area contributed by atoms with Gasteiger partial charge in [-0.15, -0.1) is 8.42 Å². The van der Waals surface area contributed by atoms with Gasteiger partial charge >= 0.3 is 10.3 Å². The molecule has 8 heteroatoms. The first-order valence-corrected chi connectivity index (χ1v) is 8.38. The summed E-state index contributed by atoms with van der Waals surface area (Å²) >= 11 is 5.86. The molecule has 0 radical (unpaired) electrons. The standard InChI is InChI=1S/C15H15ClN2O4S/c1-18(2,23(20,21)22)14-8-3-5-11(9-14)15(19)17-13-7-4-6-12(16)10-13/h3-10H,1-2H3,(H-,17,19,20,21,22)/p+1. The number of hydrogen-bond donors (Lipinski definition) is 2. The first kappa shape index (κ1) is 17.4. The fraction of sp³-hybridized carbons (Fsp3) is 0.133. The van der Waals surface area contributed by atoms with Gasteiger partial charge in [-0.1, -0.05) is 23.7 Å². The van der Waals surface area contributed by atoms with E-state index in [0.717, 1.165) is 0 Å². The number of nitrogens with zero attached hydrogens (tertiary/aromatic N) is 1. The van der Waals surface area contributed by atoms with Crippen molar-refractivity contribution in [3.05, 3.63) is 59.1 Å². The highest BCUT2D eigenvalue weighted by Gasteiger charge is 2.34. The Balaban J connectivity index is 2.31. The fourth-order valence-electron chi connectivity index (χ4n) is 1.88. The number of carbonyl (C=O) groups is 1. The molecule has 0 heterocycles.